The fraction of sp³-hybridized carbons (Fsp3) is 0.474. The maximum Gasteiger partial charge on any atom is 0.307 e. The van der Waals surface area contributed by atoms with Gasteiger partial charge in [0.25, 0.3) is 0 Å². The molecule has 1 saturated carbocycles. The third-order valence-electron chi connectivity index (χ3n) is 5.96. The van der Waals surface area contributed by atoms with Crippen LogP contribution in [-0.2, 0) is 19.6 Å². The van der Waals surface area contributed by atoms with Gasteiger partial charge in [-0.15, -0.1) is 0 Å². The summed E-state index contributed by atoms with van der Waals surface area (Å²) in [7, 11) is -3.57. The van der Waals surface area contributed by atoms with Crippen LogP contribution in [0.2, 0.25) is 0 Å². The van der Waals surface area contributed by atoms with Gasteiger partial charge < -0.3 is 10.0 Å². The predicted octanol–water partition coefficient (Wildman–Crippen LogP) is 1.04. The monoisotopic (exact) mass is 390 g/mol. The molecular weight excluding hydrogens is 368 g/mol. The molecule has 1 aromatic rings. The smallest absolute Gasteiger partial charge is 0.307 e. The van der Waals surface area contributed by atoms with Crippen molar-refractivity contribution in [1.82, 2.24) is 9.21 Å². The highest BCUT2D eigenvalue weighted by Gasteiger charge is 2.52. The van der Waals surface area contributed by atoms with E-state index >= 15 is 0 Å². The lowest BCUT2D eigenvalue weighted by Gasteiger charge is -2.37. The Morgan fingerprint density at radius 1 is 0.926 bits per heavy atom. The van der Waals surface area contributed by atoms with Crippen molar-refractivity contribution < 1.29 is 23.1 Å². The number of fused-ring (bicyclic) bond motifs is 2. The van der Waals surface area contributed by atoms with Crippen LogP contribution in [0.4, 0.5) is 0 Å². The summed E-state index contributed by atoms with van der Waals surface area (Å²) in [6.07, 6.45) is 4.59. The first kappa shape index (κ1) is 18.2. The van der Waals surface area contributed by atoms with Gasteiger partial charge in [-0.25, -0.2) is 8.42 Å². The van der Waals surface area contributed by atoms with Crippen LogP contribution in [0.25, 0.3) is 0 Å². The van der Waals surface area contributed by atoms with E-state index in [-0.39, 0.29) is 48.8 Å². The summed E-state index contributed by atoms with van der Waals surface area (Å²) in [6.45, 7) is 1.01. The van der Waals surface area contributed by atoms with Crippen LogP contribution in [0, 0.1) is 23.7 Å². The van der Waals surface area contributed by atoms with Crippen LogP contribution < -0.4 is 0 Å². The van der Waals surface area contributed by atoms with Gasteiger partial charge in [-0.2, -0.15) is 4.31 Å². The number of amides is 1. The summed E-state index contributed by atoms with van der Waals surface area (Å²) in [6, 6.07) is 8.25. The summed E-state index contributed by atoms with van der Waals surface area (Å²) < 4.78 is 26.8. The van der Waals surface area contributed by atoms with Crippen LogP contribution in [0.3, 0.4) is 0 Å². The van der Waals surface area contributed by atoms with E-state index < -0.39 is 27.8 Å². The average Bonchev–Trinajstić information content (AvgIpc) is 3.29. The molecule has 144 valence electrons. The number of carboxylic acid groups (broad SMARTS) is 1. The average molecular weight is 390 g/mol. The Morgan fingerprint density at radius 3 is 2.11 bits per heavy atom. The lowest BCUT2D eigenvalue weighted by Crippen LogP contribution is -2.53. The highest BCUT2D eigenvalue weighted by molar-refractivity contribution is 7.89. The molecule has 27 heavy (non-hydrogen) atoms. The fourth-order valence-electron chi connectivity index (χ4n) is 4.60. The van der Waals surface area contributed by atoms with Crippen LogP contribution >= 0.6 is 0 Å². The molecule has 1 aliphatic heterocycles. The van der Waals surface area contributed by atoms with E-state index in [0.29, 0.717) is 0 Å². The number of rotatable bonds is 4. The molecule has 2 bridgehead atoms. The Kier molecular flexibility index (Phi) is 4.55. The topological polar surface area (TPSA) is 95.0 Å². The zero-order chi connectivity index (χ0) is 19.2. The Labute approximate surface area is 158 Å². The van der Waals surface area contributed by atoms with Gasteiger partial charge in [-0.3, -0.25) is 9.59 Å². The molecule has 1 N–H and O–H groups in total. The maximum atomic E-state index is 13.0. The van der Waals surface area contributed by atoms with Crippen LogP contribution in [0.1, 0.15) is 6.42 Å². The fourth-order valence-corrected chi connectivity index (χ4v) is 6.04. The summed E-state index contributed by atoms with van der Waals surface area (Å²) in [5.41, 5.74) is 0. The summed E-state index contributed by atoms with van der Waals surface area (Å²) in [5.74, 6) is -2.37. The molecule has 7 nitrogen and oxygen atoms in total. The second-order valence-electron chi connectivity index (χ2n) is 7.38. The third-order valence-corrected chi connectivity index (χ3v) is 7.87. The van der Waals surface area contributed by atoms with Crippen LogP contribution in [0.5, 0.6) is 0 Å². The second kappa shape index (κ2) is 6.76. The van der Waals surface area contributed by atoms with Gasteiger partial charge in [0.05, 0.1) is 16.7 Å². The molecule has 0 radical (unpaired) electrons. The van der Waals surface area contributed by atoms with Gasteiger partial charge in [0, 0.05) is 26.2 Å². The number of aliphatic carboxylic acids is 1. The second-order valence-corrected chi connectivity index (χ2v) is 9.32. The first-order chi connectivity index (χ1) is 12.9. The van der Waals surface area contributed by atoms with Gasteiger partial charge in [-0.05, 0) is 30.4 Å². The van der Waals surface area contributed by atoms with Crippen molar-refractivity contribution in [3.8, 4) is 0 Å². The number of nitrogens with zero attached hydrogens (tertiary/aromatic N) is 2. The largest absolute Gasteiger partial charge is 0.481 e. The molecular formula is C19H22N2O5S. The molecule has 1 saturated heterocycles. The van der Waals surface area contributed by atoms with E-state index in [9.17, 15) is 23.1 Å². The number of carboxylic acids is 1. The Hall–Kier alpha value is -2.19. The zero-order valence-corrected chi connectivity index (χ0v) is 15.6. The van der Waals surface area contributed by atoms with Gasteiger partial charge in [0.2, 0.25) is 15.9 Å². The minimum absolute atomic E-state index is 0.0188. The minimum Gasteiger partial charge on any atom is -0.481 e. The molecule has 0 spiro atoms. The van der Waals surface area contributed by atoms with E-state index in [1.165, 1.54) is 4.31 Å². The number of allylic oxidation sites excluding steroid dienone is 2. The molecule has 3 aliphatic rings. The van der Waals surface area contributed by atoms with E-state index in [1.54, 1.807) is 35.2 Å². The van der Waals surface area contributed by atoms with Crippen molar-refractivity contribution >= 4 is 21.9 Å². The minimum atomic E-state index is -3.57. The molecule has 0 unspecified atom stereocenters. The SMILES string of the molecule is O=C(O)[C@@H]1[C@@H](C(=O)N2CCN(S(=O)(=O)c3ccccc3)CC2)[C@@H]2C=C[C@H]1C2. The van der Waals surface area contributed by atoms with E-state index in [1.807, 2.05) is 12.2 Å². The third kappa shape index (κ3) is 3.06. The number of carbonyl (C=O) groups is 2. The highest BCUT2D eigenvalue weighted by atomic mass is 32.2. The van der Waals surface area contributed by atoms with Crippen molar-refractivity contribution in [2.24, 2.45) is 23.7 Å². The molecule has 4 atom stereocenters. The zero-order valence-electron chi connectivity index (χ0n) is 14.8. The number of sulfonamides is 1. The quantitative estimate of drug-likeness (QED) is 0.775. The molecule has 8 heteroatoms. The lowest BCUT2D eigenvalue weighted by atomic mass is 9.82. The van der Waals surface area contributed by atoms with Crippen LogP contribution in [-0.4, -0.2) is 60.8 Å². The number of piperazine rings is 1. The number of hydrogen-bond acceptors (Lipinski definition) is 4. The lowest BCUT2D eigenvalue weighted by molar-refractivity contribution is -0.151. The van der Waals surface area contributed by atoms with Crippen molar-refractivity contribution in [2.75, 3.05) is 26.2 Å². The van der Waals surface area contributed by atoms with Gasteiger partial charge >= 0.3 is 5.97 Å². The molecule has 2 aliphatic carbocycles. The maximum absolute atomic E-state index is 13.0. The summed E-state index contributed by atoms with van der Waals surface area (Å²) >= 11 is 0. The van der Waals surface area contributed by atoms with Gasteiger partial charge in [0.1, 0.15) is 0 Å². The van der Waals surface area contributed by atoms with Gasteiger partial charge in [-0.1, -0.05) is 30.4 Å². The van der Waals surface area contributed by atoms with E-state index in [4.69, 9.17) is 0 Å². The first-order valence-electron chi connectivity index (χ1n) is 9.14. The number of hydrogen-bond donors (Lipinski definition) is 1. The van der Waals surface area contributed by atoms with E-state index in [0.717, 1.165) is 6.42 Å². The van der Waals surface area contributed by atoms with Crippen molar-refractivity contribution in [3.05, 3.63) is 42.5 Å². The summed E-state index contributed by atoms with van der Waals surface area (Å²) in [5, 5.41) is 9.54. The van der Waals surface area contributed by atoms with Crippen molar-refractivity contribution in [1.29, 1.82) is 0 Å². The van der Waals surface area contributed by atoms with Crippen molar-refractivity contribution in [2.45, 2.75) is 11.3 Å². The Balaban J connectivity index is 1.44. The summed E-state index contributed by atoms with van der Waals surface area (Å²) in [4.78, 5) is 26.5. The normalized spacial score (nSPS) is 30.6. The van der Waals surface area contributed by atoms with Crippen LogP contribution in [0.15, 0.2) is 47.4 Å². The molecule has 4 rings (SSSR count). The number of carbonyl (C=O) groups excluding carboxylic acids is 1. The number of benzene rings is 1. The first-order valence-corrected chi connectivity index (χ1v) is 10.6. The Bertz CT molecular complexity index is 875. The Morgan fingerprint density at radius 2 is 1.52 bits per heavy atom. The highest BCUT2D eigenvalue weighted by Crippen LogP contribution is 2.48. The molecule has 2 fully saturated rings. The van der Waals surface area contributed by atoms with E-state index in [2.05, 4.69) is 0 Å². The van der Waals surface area contributed by atoms with Gasteiger partial charge in [0.15, 0.2) is 0 Å². The molecule has 1 heterocycles. The molecule has 1 aromatic carbocycles. The van der Waals surface area contributed by atoms with Crippen molar-refractivity contribution in [3.63, 3.8) is 0 Å². The molecule has 1 amide bonds. The standard InChI is InChI=1S/C19H22N2O5S/c22-18(16-13-6-7-14(12-13)17(16)19(23)24)20-8-10-21(11-9-20)27(25,26)15-4-2-1-3-5-15/h1-7,13-14,16-17H,8-12H2,(H,23,24)/t13-,14+,16+,17+/m1/s1. The predicted molar refractivity (Wildman–Crippen MR) is 97.1 cm³/mol. The molecule has 0 aromatic heterocycles.